The van der Waals surface area contributed by atoms with Crippen molar-refractivity contribution in [2.45, 2.75) is 52.6 Å². The van der Waals surface area contributed by atoms with Crippen molar-refractivity contribution >= 4 is 5.97 Å². The van der Waals surface area contributed by atoms with E-state index in [1.165, 1.54) is 0 Å². The summed E-state index contributed by atoms with van der Waals surface area (Å²) in [7, 11) is 0. The first kappa shape index (κ1) is 13.4. The molecular formula is C11H22O3. The van der Waals surface area contributed by atoms with Crippen molar-refractivity contribution in [1.82, 2.24) is 0 Å². The van der Waals surface area contributed by atoms with Gasteiger partial charge in [0.2, 0.25) is 0 Å². The van der Waals surface area contributed by atoms with Gasteiger partial charge < -0.3 is 9.84 Å². The van der Waals surface area contributed by atoms with Crippen LogP contribution in [0.2, 0.25) is 0 Å². The van der Waals surface area contributed by atoms with Crippen LogP contribution in [0.4, 0.5) is 0 Å². The minimum Gasteiger partial charge on any atom is -0.479 e. The van der Waals surface area contributed by atoms with E-state index in [9.17, 15) is 4.79 Å². The molecule has 0 aliphatic heterocycles. The molecule has 2 atom stereocenters. The van der Waals surface area contributed by atoms with Gasteiger partial charge in [0.1, 0.15) is 0 Å². The number of carboxylic acids is 1. The van der Waals surface area contributed by atoms with Crippen molar-refractivity contribution < 1.29 is 14.6 Å². The van der Waals surface area contributed by atoms with Crippen molar-refractivity contribution in [2.75, 3.05) is 6.61 Å². The molecule has 0 rings (SSSR count). The highest BCUT2D eigenvalue weighted by Crippen LogP contribution is 2.09. The molecule has 0 aromatic rings. The normalized spacial score (nSPS) is 15.1. The molecule has 0 aliphatic carbocycles. The lowest BCUT2D eigenvalue weighted by Crippen LogP contribution is -2.25. The average molecular weight is 202 g/mol. The van der Waals surface area contributed by atoms with Crippen molar-refractivity contribution in [1.29, 1.82) is 0 Å². The highest BCUT2D eigenvalue weighted by Gasteiger charge is 2.17. The van der Waals surface area contributed by atoms with Crippen LogP contribution in [-0.2, 0) is 9.53 Å². The lowest BCUT2D eigenvalue weighted by Gasteiger charge is -2.16. The monoisotopic (exact) mass is 202 g/mol. The highest BCUT2D eigenvalue weighted by molar-refractivity contribution is 5.72. The topological polar surface area (TPSA) is 46.5 Å². The molecule has 2 unspecified atom stereocenters. The molecule has 1 N–H and O–H groups in total. The van der Waals surface area contributed by atoms with Gasteiger partial charge >= 0.3 is 5.97 Å². The predicted molar refractivity (Wildman–Crippen MR) is 56.4 cm³/mol. The molecule has 3 nitrogen and oxygen atoms in total. The maximum absolute atomic E-state index is 10.7. The van der Waals surface area contributed by atoms with Crippen LogP contribution in [0.3, 0.4) is 0 Å². The number of rotatable bonds is 8. The van der Waals surface area contributed by atoms with Gasteiger partial charge in [0, 0.05) is 0 Å². The largest absolute Gasteiger partial charge is 0.479 e. The molecule has 0 saturated carbocycles. The summed E-state index contributed by atoms with van der Waals surface area (Å²) >= 11 is 0. The maximum atomic E-state index is 10.7. The SMILES string of the molecule is CCCC(C)COC(CCC)C(=O)O. The molecule has 0 amide bonds. The Hall–Kier alpha value is -0.570. The first-order chi connectivity index (χ1) is 6.61. The Labute approximate surface area is 86.5 Å². The molecule has 0 radical (unpaired) electrons. The van der Waals surface area contributed by atoms with Gasteiger partial charge in [0.25, 0.3) is 0 Å². The second-order valence-electron chi connectivity index (χ2n) is 3.84. The quantitative estimate of drug-likeness (QED) is 0.658. The zero-order valence-electron chi connectivity index (χ0n) is 9.45. The Morgan fingerprint density at radius 3 is 2.29 bits per heavy atom. The number of hydrogen-bond acceptors (Lipinski definition) is 2. The summed E-state index contributed by atoms with van der Waals surface area (Å²) in [5.41, 5.74) is 0. The van der Waals surface area contributed by atoms with Gasteiger partial charge in [-0.3, -0.25) is 0 Å². The second-order valence-corrected chi connectivity index (χ2v) is 3.84. The van der Waals surface area contributed by atoms with Gasteiger partial charge in [-0.15, -0.1) is 0 Å². The molecule has 0 aromatic carbocycles. The molecule has 0 aliphatic rings. The minimum atomic E-state index is -0.837. The van der Waals surface area contributed by atoms with Gasteiger partial charge in [-0.05, 0) is 18.8 Å². The molecule has 3 heteroatoms. The smallest absolute Gasteiger partial charge is 0.332 e. The highest BCUT2D eigenvalue weighted by atomic mass is 16.5. The van der Waals surface area contributed by atoms with E-state index in [4.69, 9.17) is 9.84 Å². The van der Waals surface area contributed by atoms with E-state index in [2.05, 4.69) is 13.8 Å². The molecule has 0 heterocycles. The molecule has 84 valence electrons. The summed E-state index contributed by atoms with van der Waals surface area (Å²) in [6.45, 7) is 6.74. The van der Waals surface area contributed by atoms with E-state index in [1.54, 1.807) is 0 Å². The van der Waals surface area contributed by atoms with Crippen molar-refractivity contribution in [3.8, 4) is 0 Å². The number of hydrogen-bond donors (Lipinski definition) is 1. The molecule has 14 heavy (non-hydrogen) atoms. The lowest BCUT2D eigenvalue weighted by molar-refractivity contribution is -0.151. The van der Waals surface area contributed by atoms with Gasteiger partial charge in [-0.1, -0.05) is 33.6 Å². The summed E-state index contributed by atoms with van der Waals surface area (Å²) in [6, 6.07) is 0. The Bertz CT molecular complexity index is 157. The lowest BCUT2D eigenvalue weighted by atomic mass is 10.1. The molecule has 0 saturated heterocycles. The Balaban J connectivity index is 3.75. The first-order valence-corrected chi connectivity index (χ1v) is 5.46. The Kier molecular flexibility index (Phi) is 7.48. The molecule has 0 aromatic heterocycles. The van der Waals surface area contributed by atoms with Crippen LogP contribution >= 0.6 is 0 Å². The van der Waals surface area contributed by atoms with E-state index < -0.39 is 12.1 Å². The molecule has 0 bridgehead atoms. The van der Waals surface area contributed by atoms with E-state index in [-0.39, 0.29) is 0 Å². The second kappa shape index (κ2) is 7.80. The van der Waals surface area contributed by atoms with Crippen LogP contribution in [0.15, 0.2) is 0 Å². The number of aliphatic carboxylic acids is 1. The summed E-state index contributed by atoms with van der Waals surface area (Å²) in [6.07, 6.45) is 3.06. The number of ether oxygens (including phenoxy) is 1. The van der Waals surface area contributed by atoms with Gasteiger partial charge in [0.05, 0.1) is 6.61 Å². The molecule has 0 spiro atoms. The third-order valence-corrected chi connectivity index (χ3v) is 2.19. The fourth-order valence-corrected chi connectivity index (χ4v) is 1.40. The minimum absolute atomic E-state index is 0.457. The van der Waals surface area contributed by atoms with Crippen LogP contribution in [0, 0.1) is 5.92 Å². The van der Waals surface area contributed by atoms with Crippen LogP contribution in [-0.4, -0.2) is 23.8 Å². The van der Waals surface area contributed by atoms with Crippen molar-refractivity contribution in [3.05, 3.63) is 0 Å². The van der Waals surface area contributed by atoms with Crippen LogP contribution in [0.1, 0.15) is 46.5 Å². The van der Waals surface area contributed by atoms with E-state index >= 15 is 0 Å². The van der Waals surface area contributed by atoms with Gasteiger partial charge in [-0.2, -0.15) is 0 Å². The molecule has 0 fully saturated rings. The number of carboxylic acid groups (broad SMARTS) is 1. The van der Waals surface area contributed by atoms with E-state index in [0.29, 0.717) is 18.9 Å². The fourth-order valence-electron chi connectivity index (χ4n) is 1.40. The van der Waals surface area contributed by atoms with E-state index in [1.807, 2.05) is 6.92 Å². The maximum Gasteiger partial charge on any atom is 0.332 e. The third-order valence-electron chi connectivity index (χ3n) is 2.19. The van der Waals surface area contributed by atoms with E-state index in [0.717, 1.165) is 19.3 Å². The Morgan fingerprint density at radius 1 is 1.29 bits per heavy atom. The van der Waals surface area contributed by atoms with Crippen LogP contribution in [0.25, 0.3) is 0 Å². The summed E-state index contributed by atoms with van der Waals surface area (Å²) in [5.74, 6) is -0.380. The fraction of sp³-hybridized carbons (Fsp3) is 0.909. The van der Waals surface area contributed by atoms with Crippen LogP contribution in [0.5, 0.6) is 0 Å². The van der Waals surface area contributed by atoms with Crippen molar-refractivity contribution in [3.63, 3.8) is 0 Å². The molecular weight excluding hydrogens is 180 g/mol. The van der Waals surface area contributed by atoms with Crippen molar-refractivity contribution in [2.24, 2.45) is 5.92 Å². The third kappa shape index (κ3) is 5.97. The summed E-state index contributed by atoms with van der Waals surface area (Å²) in [4.78, 5) is 10.7. The zero-order valence-corrected chi connectivity index (χ0v) is 9.45. The summed E-state index contributed by atoms with van der Waals surface area (Å²) in [5, 5.41) is 8.82. The predicted octanol–water partition coefficient (Wildman–Crippen LogP) is 2.69. The summed E-state index contributed by atoms with van der Waals surface area (Å²) < 4.78 is 5.36. The average Bonchev–Trinajstić information content (AvgIpc) is 2.12. The van der Waals surface area contributed by atoms with Crippen LogP contribution < -0.4 is 0 Å². The number of carbonyl (C=O) groups is 1. The standard InChI is InChI=1S/C11H22O3/c1-4-6-9(3)8-14-10(7-5-2)11(12)13/h9-10H,4-8H2,1-3H3,(H,12,13). The Morgan fingerprint density at radius 2 is 1.86 bits per heavy atom. The van der Waals surface area contributed by atoms with Gasteiger partial charge in [-0.25, -0.2) is 4.79 Å². The zero-order chi connectivity index (χ0) is 11.0. The van der Waals surface area contributed by atoms with Gasteiger partial charge in [0.15, 0.2) is 6.10 Å². The first-order valence-electron chi connectivity index (χ1n) is 5.46.